The summed E-state index contributed by atoms with van der Waals surface area (Å²) in [6.45, 7) is 0.882. The highest BCUT2D eigenvalue weighted by Gasteiger charge is 2.33. The molecule has 2 fully saturated rings. The van der Waals surface area contributed by atoms with E-state index in [4.69, 9.17) is 12.2 Å². The van der Waals surface area contributed by atoms with Crippen molar-refractivity contribution in [3.8, 4) is 0 Å². The number of rotatable bonds is 3. The van der Waals surface area contributed by atoms with Crippen LogP contribution < -0.4 is 5.32 Å². The van der Waals surface area contributed by atoms with Crippen LogP contribution in [0.5, 0.6) is 0 Å². The van der Waals surface area contributed by atoms with Gasteiger partial charge in [-0.25, -0.2) is 21.6 Å². The van der Waals surface area contributed by atoms with E-state index in [0.717, 1.165) is 23.2 Å². The Balaban J connectivity index is 1.71. The van der Waals surface area contributed by atoms with Crippen LogP contribution in [0.3, 0.4) is 0 Å². The van der Waals surface area contributed by atoms with E-state index in [1.807, 2.05) is 4.90 Å². The third kappa shape index (κ3) is 3.35. The molecule has 2 aliphatic rings. The molecule has 3 rings (SSSR count). The van der Waals surface area contributed by atoms with Crippen molar-refractivity contribution in [2.24, 2.45) is 0 Å². The van der Waals surface area contributed by atoms with Crippen LogP contribution >= 0.6 is 12.2 Å². The zero-order valence-corrected chi connectivity index (χ0v) is 14.3. The predicted octanol–water partition coefficient (Wildman–Crippen LogP) is 1.45. The van der Waals surface area contributed by atoms with E-state index in [1.165, 1.54) is 0 Å². The molecule has 1 heterocycles. The fourth-order valence-electron chi connectivity index (χ4n) is 2.47. The molecule has 1 aromatic carbocycles. The Kier molecular flexibility index (Phi) is 4.71. The van der Waals surface area contributed by atoms with Crippen molar-refractivity contribution in [1.82, 2.24) is 14.5 Å². The van der Waals surface area contributed by atoms with E-state index >= 15 is 0 Å². The summed E-state index contributed by atoms with van der Waals surface area (Å²) in [5.41, 5.74) is 0. The largest absolute Gasteiger partial charge is 0.360 e. The molecule has 1 aliphatic carbocycles. The first-order chi connectivity index (χ1) is 11.3. The molecule has 0 amide bonds. The molecule has 24 heavy (non-hydrogen) atoms. The van der Waals surface area contributed by atoms with E-state index in [2.05, 4.69) is 5.32 Å². The summed E-state index contributed by atoms with van der Waals surface area (Å²) in [5.74, 6) is -4.90. The lowest BCUT2D eigenvalue weighted by Crippen LogP contribution is -2.53. The number of halogens is 3. The van der Waals surface area contributed by atoms with Crippen LogP contribution in [-0.4, -0.2) is 55.0 Å². The van der Waals surface area contributed by atoms with Crippen LogP contribution in [0.4, 0.5) is 13.2 Å². The molecule has 0 spiro atoms. The standard InChI is InChI=1S/C14H16F3N3O2S2/c15-10-3-4-11(13(17)12(10)16)24(21,22)20-7-5-19(6-8-20)14(23)18-9-1-2-9/h3-4,9H,1-2,5-8H2,(H,18,23). The minimum Gasteiger partial charge on any atom is -0.360 e. The molecule has 0 radical (unpaired) electrons. The molecular weight excluding hydrogens is 363 g/mol. The summed E-state index contributed by atoms with van der Waals surface area (Å²) >= 11 is 5.26. The molecule has 1 saturated carbocycles. The van der Waals surface area contributed by atoms with Crippen LogP contribution in [-0.2, 0) is 10.0 Å². The van der Waals surface area contributed by atoms with E-state index in [0.29, 0.717) is 30.3 Å². The van der Waals surface area contributed by atoms with E-state index in [9.17, 15) is 21.6 Å². The van der Waals surface area contributed by atoms with Crippen LogP contribution in [0.2, 0.25) is 0 Å². The smallest absolute Gasteiger partial charge is 0.246 e. The van der Waals surface area contributed by atoms with Crippen molar-refractivity contribution < 1.29 is 21.6 Å². The molecule has 0 atom stereocenters. The Hall–Kier alpha value is -1.39. The first kappa shape index (κ1) is 17.4. The fourth-order valence-corrected chi connectivity index (χ4v) is 4.30. The molecule has 132 valence electrons. The van der Waals surface area contributed by atoms with Crippen molar-refractivity contribution in [3.05, 3.63) is 29.6 Å². The minimum atomic E-state index is -4.23. The molecule has 0 bridgehead atoms. The Bertz CT molecular complexity index is 761. The number of hydrogen-bond acceptors (Lipinski definition) is 3. The summed E-state index contributed by atoms with van der Waals surface area (Å²) in [7, 11) is -4.23. The number of hydrogen-bond donors (Lipinski definition) is 1. The topological polar surface area (TPSA) is 52.7 Å². The maximum Gasteiger partial charge on any atom is 0.246 e. The monoisotopic (exact) mass is 379 g/mol. The number of sulfonamides is 1. The molecular formula is C14H16F3N3O2S2. The molecule has 5 nitrogen and oxygen atoms in total. The first-order valence-electron chi connectivity index (χ1n) is 7.50. The third-order valence-corrected chi connectivity index (χ3v) is 6.34. The molecule has 1 saturated heterocycles. The fraction of sp³-hybridized carbons (Fsp3) is 0.500. The van der Waals surface area contributed by atoms with E-state index in [1.54, 1.807) is 0 Å². The van der Waals surface area contributed by atoms with Crippen LogP contribution in [0.25, 0.3) is 0 Å². The highest BCUT2D eigenvalue weighted by molar-refractivity contribution is 7.89. The molecule has 0 aromatic heterocycles. The van der Waals surface area contributed by atoms with Crippen molar-refractivity contribution in [2.45, 2.75) is 23.8 Å². The summed E-state index contributed by atoms with van der Waals surface area (Å²) in [4.78, 5) is 0.995. The summed E-state index contributed by atoms with van der Waals surface area (Å²) in [6.07, 6.45) is 2.15. The highest BCUT2D eigenvalue weighted by atomic mass is 32.2. The number of thiocarbonyl (C=S) groups is 1. The lowest BCUT2D eigenvalue weighted by molar-refractivity contribution is 0.263. The SMILES string of the molecule is O=S(=O)(c1ccc(F)c(F)c1F)N1CCN(C(=S)NC2CC2)CC1. The van der Waals surface area contributed by atoms with Gasteiger partial charge in [0, 0.05) is 32.2 Å². The second kappa shape index (κ2) is 6.49. The average Bonchev–Trinajstić information content (AvgIpc) is 3.36. The van der Waals surface area contributed by atoms with Crippen molar-refractivity contribution in [2.75, 3.05) is 26.2 Å². The van der Waals surface area contributed by atoms with Gasteiger partial charge in [-0.2, -0.15) is 4.31 Å². The van der Waals surface area contributed by atoms with Gasteiger partial charge in [0.1, 0.15) is 4.90 Å². The Morgan fingerprint density at radius 1 is 1.08 bits per heavy atom. The minimum absolute atomic E-state index is 0.0905. The van der Waals surface area contributed by atoms with Gasteiger partial charge < -0.3 is 10.2 Å². The maximum atomic E-state index is 13.8. The van der Waals surface area contributed by atoms with E-state index in [-0.39, 0.29) is 13.1 Å². The predicted molar refractivity (Wildman–Crippen MR) is 85.4 cm³/mol. The summed E-state index contributed by atoms with van der Waals surface area (Å²) in [6, 6.07) is 1.75. The molecule has 10 heteroatoms. The van der Waals surface area contributed by atoms with Gasteiger partial charge in [-0.15, -0.1) is 0 Å². The lowest BCUT2D eigenvalue weighted by Gasteiger charge is -2.35. The Morgan fingerprint density at radius 3 is 2.29 bits per heavy atom. The number of piperazine rings is 1. The number of nitrogens with zero attached hydrogens (tertiary/aromatic N) is 2. The summed E-state index contributed by atoms with van der Waals surface area (Å²) < 4.78 is 66.1. The zero-order chi connectivity index (χ0) is 17.5. The second-order valence-electron chi connectivity index (χ2n) is 5.79. The van der Waals surface area contributed by atoms with Crippen LogP contribution in [0.15, 0.2) is 17.0 Å². The maximum absolute atomic E-state index is 13.8. The van der Waals surface area contributed by atoms with Crippen LogP contribution in [0, 0.1) is 17.5 Å². The van der Waals surface area contributed by atoms with Gasteiger partial charge in [0.2, 0.25) is 10.0 Å². The van der Waals surface area contributed by atoms with Crippen molar-refractivity contribution in [3.63, 3.8) is 0 Å². The molecule has 1 N–H and O–H groups in total. The van der Waals surface area contributed by atoms with Gasteiger partial charge in [-0.05, 0) is 37.2 Å². The summed E-state index contributed by atoms with van der Waals surface area (Å²) in [5, 5.41) is 3.75. The lowest BCUT2D eigenvalue weighted by atomic mass is 10.3. The number of nitrogens with one attached hydrogen (secondary N) is 1. The van der Waals surface area contributed by atoms with E-state index < -0.39 is 32.4 Å². The van der Waals surface area contributed by atoms with Gasteiger partial charge in [0.15, 0.2) is 22.6 Å². The Labute approximate surface area is 143 Å². The zero-order valence-electron chi connectivity index (χ0n) is 12.6. The van der Waals surface area contributed by atoms with Crippen LogP contribution in [0.1, 0.15) is 12.8 Å². The Morgan fingerprint density at radius 2 is 1.71 bits per heavy atom. The second-order valence-corrected chi connectivity index (χ2v) is 8.08. The van der Waals surface area contributed by atoms with Gasteiger partial charge >= 0.3 is 0 Å². The highest BCUT2D eigenvalue weighted by Crippen LogP contribution is 2.24. The quantitative estimate of drug-likeness (QED) is 0.636. The average molecular weight is 379 g/mol. The van der Waals surface area contributed by atoms with Gasteiger partial charge in [-0.3, -0.25) is 0 Å². The molecule has 1 aliphatic heterocycles. The first-order valence-corrected chi connectivity index (χ1v) is 9.34. The number of benzene rings is 1. The van der Waals surface area contributed by atoms with Crippen molar-refractivity contribution in [1.29, 1.82) is 0 Å². The molecule has 1 aromatic rings. The van der Waals surface area contributed by atoms with Gasteiger partial charge in [0.05, 0.1) is 0 Å². The van der Waals surface area contributed by atoms with Gasteiger partial charge in [-0.1, -0.05) is 0 Å². The van der Waals surface area contributed by atoms with Gasteiger partial charge in [0.25, 0.3) is 0 Å². The molecule has 0 unspecified atom stereocenters. The third-order valence-electron chi connectivity index (χ3n) is 4.05. The van der Waals surface area contributed by atoms with Crippen molar-refractivity contribution >= 4 is 27.4 Å². The normalized spacial score (nSPS) is 19.4.